The van der Waals surface area contributed by atoms with Crippen LogP contribution < -0.4 is 0 Å². The van der Waals surface area contributed by atoms with E-state index in [-0.39, 0.29) is 5.91 Å². The molecule has 4 rings (SSSR count). The van der Waals surface area contributed by atoms with Crippen molar-refractivity contribution in [3.8, 4) is 0 Å². The third kappa shape index (κ3) is 2.00. The quantitative estimate of drug-likeness (QED) is 0.762. The van der Waals surface area contributed by atoms with Gasteiger partial charge in [0.2, 0.25) is 0 Å². The summed E-state index contributed by atoms with van der Waals surface area (Å²) >= 11 is 0. The Kier molecular flexibility index (Phi) is 3.28. The van der Waals surface area contributed by atoms with E-state index in [0.29, 0.717) is 11.1 Å². The van der Waals surface area contributed by atoms with Crippen LogP contribution in [0.15, 0.2) is 54.6 Å². The molecule has 1 unspecified atom stereocenters. The molecule has 0 aliphatic carbocycles. The van der Waals surface area contributed by atoms with Gasteiger partial charge in [-0.2, -0.15) is 0 Å². The Morgan fingerprint density at radius 1 is 1.04 bits per heavy atom. The van der Waals surface area contributed by atoms with Gasteiger partial charge in [-0.25, -0.2) is 0 Å². The van der Waals surface area contributed by atoms with Crippen LogP contribution >= 0.6 is 0 Å². The molecule has 24 heavy (non-hydrogen) atoms. The van der Waals surface area contributed by atoms with Crippen LogP contribution in [0.5, 0.6) is 0 Å². The number of hydrogen-bond acceptors (Lipinski definition) is 2. The fourth-order valence-electron chi connectivity index (χ4n) is 3.48. The zero-order chi connectivity index (χ0) is 16.8. The third-order valence-electron chi connectivity index (χ3n) is 4.66. The standard InChI is InChI=1S/C20H18N2O2/c1-12-16(14-10-6-7-11-15(14)21-12)18-17(13-8-4-3-5-9-13)19(23)22(2)20(18)24/h3-11,19,21,23H,1-2H3. The first-order valence-electron chi connectivity index (χ1n) is 7.92. The molecule has 3 aromatic rings. The molecule has 1 aliphatic heterocycles. The van der Waals surface area contributed by atoms with Crippen LogP contribution in [0.3, 0.4) is 0 Å². The van der Waals surface area contributed by atoms with Gasteiger partial charge in [-0.1, -0.05) is 48.5 Å². The topological polar surface area (TPSA) is 56.3 Å². The highest BCUT2D eigenvalue weighted by Gasteiger charge is 2.38. The molecule has 1 atom stereocenters. The molecule has 0 radical (unpaired) electrons. The second-order valence-corrected chi connectivity index (χ2v) is 6.12. The Hall–Kier alpha value is -2.85. The second kappa shape index (κ2) is 5.35. The summed E-state index contributed by atoms with van der Waals surface area (Å²) in [5.74, 6) is -0.158. The van der Waals surface area contributed by atoms with Crippen molar-refractivity contribution < 1.29 is 9.90 Å². The number of fused-ring (bicyclic) bond motifs is 1. The number of benzene rings is 2. The number of H-pyrrole nitrogens is 1. The lowest BCUT2D eigenvalue weighted by Gasteiger charge is -2.16. The maximum Gasteiger partial charge on any atom is 0.257 e. The number of carbonyl (C=O) groups is 1. The zero-order valence-corrected chi connectivity index (χ0v) is 13.6. The van der Waals surface area contributed by atoms with Crippen LogP contribution in [0.1, 0.15) is 16.8 Å². The monoisotopic (exact) mass is 318 g/mol. The normalized spacial score (nSPS) is 18.0. The third-order valence-corrected chi connectivity index (χ3v) is 4.66. The van der Waals surface area contributed by atoms with Crippen LogP contribution in [-0.2, 0) is 4.79 Å². The Morgan fingerprint density at radius 3 is 2.46 bits per heavy atom. The van der Waals surface area contributed by atoms with Crippen LogP contribution in [-0.4, -0.2) is 34.2 Å². The van der Waals surface area contributed by atoms with E-state index in [2.05, 4.69) is 4.98 Å². The Balaban J connectivity index is 2.07. The molecule has 0 saturated heterocycles. The number of nitrogens with one attached hydrogen (secondary N) is 1. The lowest BCUT2D eigenvalue weighted by molar-refractivity contribution is -0.127. The maximum absolute atomic E-state index is 12.9. The minimum absolute atomic E-state index is 0.158. The van der Waals surface area contributed by atoms with Gasteiger partial charge in [-0.3, -0.25) is 4.79 Å². The molecule has 120 valence electrons. The zero-order valence-electron chi connectivity index (χ0n) is 13.6. The molecule has 1 aromatic heterocycles. The number of nitrogens with zero attached hydrogens (tertiary/aromatic N) is 1. The SMILES string of the molecule is Cc1[nH]c2ccccc2c1C1=C(c2ccccc2)C(O)N(C)C1=O. The van der Waals surface area contributed by atoms with Gasteiger partial charge in [0.25, 0.3) is 5.91 Å². The first kappa shape index (κ1) is 14.7. The lowest BCUT2D eigenvalue weighted by Crippen LogP contribution is -2.31. The number of likely N-dealkylation sites (N-methyl/N-ethyl adjacent to an activating group) is 1. The fraction of sp³-hybridized carbons (Fsp3) is 0.150. The van der Waals surface area contributed by atoms with Gasteiger partial charge in [0.1, 0.15) is 0 Å². The summed E-state index contributed by atoms with van der Waals surface area (Å²) in [4.78, 5) is 17.6. The van der Waals surface area contributed by atoms with Crippen molar-refractivity contribution in [2.24, 2.45) is 0 Å². The Labute approximate surface area is 140 Å². The van der Waals surface area contributed by atoms with E-state index in [9.17, 15) is 9.90 Å². The highest BCUT2D eigenvalue weighted by atomic mass is 16.3. The lowest BCUT2D eigenvalue weighted by atomic mass is 9.94. The summed E-state index contributed by atoms with van der Waals surface area (Å²) in [7, 11) is 1.63. The molecule has 2 heterocycles. The number of hydrogen-bond donors (Lipinski definition) is 2. The predicted octanol–water partition coefficient (Wildman–Crippen LogP) is 3.18. The average Bonchev–Trinajstić information content (AvgIpc) is 3.04. The van der Waals surface area contributed by atoms with Gasteiger partial charge < -0.3 is 15.0 Å². The van der Waals surface area contributed by atoms with Gasteiger partial charge in [0, 0.05) is 34.8 Å². The maximum atomic E-state index is 12.9. The minimum atomic E-state index is -0.942. The number of para-hydroxylation sites is 1. The number of aliphatic hydroxyl groups excluding tert-OH is 1. The summed E-state index contributed by atoms with van der Waals surface area (Å²) in [6, 6.07) is 17.5. The number of amides is 1. The molecule has 1 aliphatic rings. The molecule has 0 spiro atoms. The highest BCUT2D eigenvalue weighted by molar-refractivity contribution is 6.33. The van der Waals surface area contributed by atoms with Crippen molar-refractivity contribution in [2.75, 3.05) is 7.05 Å². The van der Waals surface area contributed by atoms with Crippen LogP contribution in [0.4, 0.5) is 0 Å². The molecule has 0 fully saturated rings. The molecule has 1 amide bonds. The summed E-state index contributed by atoms with van der Waals surface area (Å²) < 4.78 is 0. The van der Waals surface area contributed by atoms with E-state index in [1.54, 1.807) is 7.05 Å². The molecule has 2 N–H and O–H groups in total. The fourth-order valence-corrected chi connectivity index (χ4v) is 3.48. The van der Waals surface area contributed by atoms with Crippen molar-refractivity contribution in [3.63, 3.8) is 0 Å². The van der Waals surface area contributed by atoms with Crippen LogP contribution in [0, 0.1) is 6.92 Å². The average molecular weight is 318 g/mol. The molecule has 4 heteroatoms. The number of carbonyl (C=O) groups excluding carboxylic acids is 1. The van der Waals surface area contributed by atoms with E-state index >= 15 is 0 Å². The molecule has 0 bridgehead atoms. The van der Waals surface area contributed by atoms with Gasteiger partial charge in [-0.15, -0.1) is 0 Å². The van der Waals surface area contributed by atoms with E-state index in [4.69, 9.17) is 0 Å². The van der Waals surface area contributed by atoms with Gasteiger partial charge >= 0.3 is 0 Å². The van der Waals surface area contributed by atoms with Crippen molar-refractivity contribution >= 4 is 28.0 Å². The molecule has 0 saturated carbocycles. The molecule has 2 aromatic carbocycles. The van der Waals surface area contributed by atoms with E-state index in [0.717, 1.165) is 27.7 Å². The van der Waals surface area contributed by atoms with Crippen molar-refractivity contribution in [3.05, 3.63) is 71.4 Å². The predicted molar refractivity (Wildman–Crippen MR) is 95.1 cm³/mol. The summed E-state index contributed by atoms with van der Waals surface area (Å²) in [5.41, 5.74) is 4.89. The van der Waals surface area contributed by atoms with Crippen molar-refractivity contribution in [1.82, 2.24) is 9.88 Å². The summed E-state index contributed by atoms with van der Waals surface area (Å²) in [5, 5.41) is 11.6. The number of rotatable bonds is 2. The Bertz CT molecular complexity index is 970. The number of aromatic amines is 1. The number of aliphatic hydroxyl groups is 1. The molecule has 4 nitrogen and oxygen atoms in total. The molecular weight excluding hydrogens is 300 g/mol. The first-order valence-corrected chi connectivity index (χ1v) is 7.92. The van der Waals surface area contributed by atoms with Gasteiger partial charge in [0.05, 0.1) is 5.57 Å². The van der Waals surface area contributed by atoms with Crippen molar-refractivity contribution in [1.29, 1.82) is 0 Å². The minimum Gasteiger partial charge on any atom is -0.369 e. The van der Waals surface area contributed by atoms with Gasteiger partial charge in [-0.05, 0) is 18.6 Å². The van der Waals surface area contributed by atoms with Crippen molar-refractivity contribution in [2.45, 2.75) is 13.2 Å². The van der Waals surface area contributed by atoms with Crippen LogP contribution in [0.25, 0.3) is 22.0 Å². The number of aryl methyl sites for hydroxylation is 1. The number of aromatic nitrogens is 1. The highest BCUT2D eigenvalue weighted by Crippen LogP contribution is 2.41. The van der Waals surface area contributed by atoms with E-state index in [1.807, 2.05) is 61.5 Å². The second-order valence-electron chi connectivity index (χ2n) is 6.12. The van der Waals surface area contributed by atoms with Crippen LogP contribution in [0.2, 0.25) is 0 Å². The summed E-state index contributed by atoms with van der Waals surface area (Å²) in [6.45, 7) is 1.96. The molecular formula is C20H18N2O2. The largest absolute Gasteiger partial charge is 0.369 e. The summed E-state index contributed by atoms with van der Waals surface area (Å²) in [6.07, 6.45) is -0.942. The smallest absolute Gasteiger partial charge is 0.257 e. The van der Waals surface area contributed by atoms with E-state index in [1.165, 1.54) is 4.90 Å². The van der Waals surface area contributed by atoms with Gasteiger partial charge in [0.15, 0.2) is 6.23 Å². The Morgan fingerprint density at radius 2 is 1.71 bits per heavy atom. The van der Waals surface area contributed by atoms with E-state index < -0.39 is 6.23 Å². The first-order chi connectivity index (χ1) is 11.6.